The summed E-state index contributed by atoms with van der Waals surface area (Å²) >= 11 is 0. The average molecular weight is 263 g/mol. The molecule has 102 valence electrons. The molecule has 19 heavy (non-hydrogen) atoms. The Morgan fingerprint density at radius 2 is 1.95 bits per heavy atom. The first kappa shape index (κ1) is 14.9. The van der Waals surface area contributed by atoms with Crippen molar-refractivity contribution in [2.24, 2.45) is 4.99 Å². The van der Waals surface area contributed by atoms with Crippen LogP contribution >= 0.6 is 0 Å². The number of phenolic OH excluding ortho intramolecular Hbond substituents is 1. The molecule has 0 amide bonds. The SMILES string of the molecule is COC(=O)c1cc(C(=O)C=NC(C)(C)C)ccc1O. The van der Waals surface area contributed by atoms with Gasteiger partial charge in [-0.3, -0.25) is 9.79 Å². The number of carbonyl (C=O) groups excluding carboxylic acids is 2. The number of aliphatic imine (C=N–C) groups is 1. The van der Waals surface area contributed by atoms with Crippen molar-refractivity contribution in [2.45, 2.75) is 26.3 Å². The molecule has 1 rings (SSSR count). The van der Waals surface area contributed by atoms with Gasteiger partial charge in [-0.25, -0.2) is 4.79 Å². The van der Waals surface area contributed by atoms with E-state index in [1.165, 1.54) is 31.5 Å². The number of phenols is 1. The Kier molecular flexibility index (Phi) is 4.43. The Labute approximate surface area is 111 Å². The van der Waals surface area contributed by atoms with E-state index in [0.29, 0.717) is 0 Å². The minimum atomic E-state index is -0.695. The highest BCUT2D eigenvalue weighted by atomic mass is 16.5. The molecule has 0 spiro atoms. The number of benzene rings is 1. The Morgan fingerprint density at radius 3 is 2.47 bits per heavy atom. The highest BCUT2D eigenvalue weighted by molar-refractivity contribution is 6.35. The number of methoxy groups -OCH3 is 1. The van der Waals surface area contributed by atoms with E-state index in [9.17, 15) is 14.7 Å². The first-order valence-corrected chi connectivity index (χ1v) is 5.75. The van der Waals surface area contributed by atoms with Crippen molar-refractivity contribution in [3.8, 4) is 5.75 Å². The largest absolute Gasteiger partial charge is 0.507 e. The number of nitrogens with zero attached hydrogens (tertiary/aromatic N) is 1. The smallest absolute Gasteiger partial charge is 0.341 e. The van der Waals surface area contributed by atoms with Crippen molar-refractivity contribution in [3.63, 3.8) is 0 Å². The topological polar surface area (TPSA) is 76.0 Å². The summed E-state index contributed by atoms with van der Waals surface area (Å²) in [5.74, 6) is -1.25. The fourth-order valence-corrected chi connectivity index (χ4v) is 1.29. The van der Waals surface area contributed by atoms with Crippen LogP contribution in [0.1, 0.15) is 41.5 Å². The summed E-state index contributed by atoms with van der Waals surface area (Å²) in [4.78, 5) is 27.4. The van der Waals surface area contributed by atoms with Gasteiger partial charge in [0.15, 0.2) is 0 Å². The number of hydrogen-bond donors (Lipinski definition) is 1. The zero-order valence-corrected chi connectivity index (χ0v) is 11.4. The molecule has 1 aromatic carbocycles. The maximum atomic E-state index is 11.9. The van der Waals surface area contributed by atoms with Crippen LogP contribution in [0.25, 0.3) is 0 Å². The lowest BCUT2D eigenvalue weighted by molar-refractivity contribution is 0.0597. The first-order valence-electron chi connectivity index (χ1n) is 5.75. The summed E-state index contributed by atoms with van der Waals surface area (Å²) in [7, 11) is 1.21. The summed E-state index contributed by atoms with van der Waals surface area (Å²) < 4.78 is 4.52. The number of ketones is 1. The van der Waals surface area contributed by atoms with Gasteiger partial charge in [-0.15, -0.1) is 0 Å². The number of rotatable bonds is 3. The van der Waals surface area contributed by atoms with Crippen LogP contribution in [0.5, 0.6) is 5.75 Å². The van der Waals surface area contributed by atoms with Crippen molar-refractivity contribution in [1.29, 1.82) is 0 Å². The fraction of sp³-hybridized carbons (Fsp3) is 0.357. The van der Waals surface area contributed by atoms with Crippen molar-refractivity contribution in [3.05, 3.63) is 29.3 Å². The van der Waals surface area contributed by atoms with Gasteiger partial charge in [0.2, 0.25) is 5.78 Å². The predicted molar refractivity (Wildman–Crippen MR) is 72.0 cm³/mol. The van der Waals surface area contributed by atoms with Crippen LogP contribution in [-0.4, -0.2) is 35.7 Å². The standard InChI is InChI=1S/C14H17NO4/c1-14(2,3)15-8-12(17)9-5-6-11(16)10(7-9)13(18)19-4/h5-8,16H,1-4H3. The molecule has 0 aliphatic rings. The van der Waals surface area contributed by atoms with Gasteiger partial charge in [0.1, 0.15) is 11.3 Å². The van der Waals surface area contributed by atoms with Gasteiger partial charge >= 0.3 is 5.97 Å². The quantitative estimate of drug-likeness (QED) is 0.515. The molecule has 0 atom stereocenters. The summed E-state index contributed by atoms with van der Waals surface area (Å²) in [6.07, 6.45) is 1.22. The molecular weight excluding hydrogens is 246 g/mol. The van der Waals surface area contributed by atoms with Gasteiger partial charge < -0.3 is 9.84 Å². The molecule has 0 heterocycles. The third kappa shape index (κ3) is 4.21. The molecular formula is C14H17NO4. The minimum absolute atomic E-state index is 0.0440. The highest BCUT2D eigenvalue weighted by Crippen LogP contribution is 2.19. The molecule has 0 aliphatic heterocycles. The molecule has 1 aromatic rings. The van der Waals surface area contributed by atoms with Crippen molar-refractivity contribution in [1.82, 2.24) is 0 Å². The van der Waals surface area contributed by atoms with E-state index in [2.05, 4.69) is 9.73 Å². The maximum absolute atomic E-state index is 11.9. The monoisotopic (exact) mass is 263 g/mol. The van der Waals surface area contributed by atoms with Gasteiger partial charge in [-0.2, -0.15) is 0 Å². The molecule has 0 fully saturated rings. The molecule has 0 unspecified atom stereocenters. The van der Waals surface area contributed by atoms with Crippen LogP contribution in [-0.2, 0) is 4.74 Å². The van der Waals surface area contributed by atoms with Crippen LogP contribution in [0.3, 0.4) is 0 Å². The first-order chi connectivity index (χ1) is 8.74. The van der Waals surface area contributed by atoms with Crippen LogP contribution in [0.15, 0.2) is 23.2 Å². The Morgan fingerprint density at radius 1 is 1.32 bits per heavy atom. The van der Waals surface area contributed by atoms with Crippen molar-refractivity contribution >= 4 is 18.0 Å². The Balaban J connectivity index is 3.06. The summed E-state index contributed by atoms with van der Waals surface area (Å²) in [5.41, 5.74) is -0.124. The van der Waals surface area contributed by atoms with Crippen molar-refractivity contribution in [2.75, 3.05) is 7.11 Å². The zero-order chi connectivity index (χ0) is 14.6. The van der Waals surface area contributed by atoms with Gasteiger partial charge in [-0.05, 0) is 39.0 Å². The lowest BCUT2D eigenvalue weighted by atomic mass is 10.1. The molecule has 0 radical (unpaired) electrons. The third-order valence-electron chi connectivity index (χ3n) is 2.26. The van der Waals surface area contributed by atoms with E-state index in [4.69, 9.17) is 0 Å². The van der Waals surface area contributed by atoms with Crippen LogP contribution in [0.4, 0.5) is 0 Å². The molecule has 0 aliphatic carbocycles. The molecule has 0 saturated carbocycles. The highest BCUT2D eigenvalue weighted by Gasteiger charge is 2.15. The van der Waals surface area contributed by atoms with Crippen LogP contribution < -0.4 is 0 Å². The van der Waals surface area contributed by atoms with Crippen LogP contribution in [0.2, 0.25) is 0 Å². The van der Waals surface area contributed by atoms with Gasteiger partial charge in [-0.1, -0.05) is 0 Å². The van der Waals surface area contributed by atoms with Crippen LogP contribution in [0, 0.1) is 0 Å². The second kappa shape index (κ2) is 5.65. The number of ether oxygens (including phenoxy) is 1. The van der Waals surface area contributed by atoms with Crippen molar-refractivity contribution < 1.29 is 19.4 Å². The molecule has 1 N–H and O–H groups in total. The zero-order valence-electron chi connectivity index (χ0n) is 11.4. The molecule has 0 bridgehead atoms. The Hall–Kier alpha value is -2.17. The van der Waals surface area contributed by atoms with Gasteiger partial charge in [0.25, 0.3) is 0 Å². The normalized spacial score (nSPS) is 11.6. The predicted octanol–water partition coefficient (Wildman–Crippen LogP) is 2.23. The number of Topliss-reactive ketones (excluding diaryl/α,β-unsaturated/α-hetero) is 1. The molecule has 5 nitrogen and oxygen atoms in total. The lowest BCUT2D eigenvalue weighted by Gasteiger charge is -2.10. The number of esters is 1. The summed E-state index contributed by atoms with van der Waals surface area (Å²) in [6.45, 7) is 5.61. The summed E-state index contributed by atoms with van der Waals surface area (Å²) in [5, 5.41) is 9.53. The van der Waals surface area contributed by atoms with E-state index in [-0.39, 0.29) is 28.2 Å². The molecule has 0 aromatic heterocycles. The number of aromatic hydroxyl groups is 1. The lowest BCUT2D eigenvalue weighted by Crippen LogP contribution is -2.13. The maximum Gasteiger partial charge on any atom is 0.341 e. The van der Waals surface area contributed by atoms with Gasteiger partial charge in [0.05, 0.1) is 18.9 Å². The third-order valence-corrected chi connectivity index (χ3v) is 2.26. The van der Waals surface area contributed by atoms with E-state index in [0.717, 1.165) is 0 Å². The van der Waals surface area contributed by atoms with E-state index in [1.54, 1.807) is 0 Å². The van der Waals surface area contributed by atoms with E-state index < -0.39 is 5.97 Å². The summed E-state index contributed by atoms with van der Waals surface area (Å²) in [6, 6.07) is 4.00. The number of carbonyl (C=O) groups is 2. The van der Waals surface area contributed by atoms with E-state index >= 15 is 0 Å². The molecule has 0 saturated heterocycles. The Bertz CT molecular complexity index is 527. The number of hydrogen-bond acceptors (Lipinski definition) is 5. The fourth-order valence-electron chi connectivity index (χ4n) is 1.29. The second-order valence-electron chi connectivity index (χ2n) is 5.02. The molecule has 5 heteroatoms. The van der Waals surface area contributed by atoms with E-state index in [1.807, 2.05) is 20.8 Å². The minimum Gasteiger partial charge on any atom is -0.507 e. The average Bonchev–Trinajstić information content (AvgIpc) is 2.34. The van der Waals surface area contributed by atoms with Gasteiger partial charge in [0, 0.05) is 5.56 Å². The second-order valence-corrected chi connectivity index (χ2v) is 5.02.